The van der Waals surface area contributed by atoms with E-state index in [0.29, 0.717) is 9.41 Å². The maximum absolute atomic E-state index is 2.53. The zero-order valence-corrected chi connectivity index (χ0v) is 21.3. The topological polar surface area (TPSA) is 0 Å². The van der Waals surface area contributed by atoms with Crippen LogP contribution in [0.15, 0.2) is 121 Å². The zero-order valence-electron chi connectivity index (χ0n) is 17.6. The van der Waals surface area contributed by atoms with E-state index in [9.17, 15) is 0 Å². The molecular formula is C28H28As2. The standard InChI is InChI=1S/C28H28As2/c1-23(29(25-15-7-3-8-16-25)26-17-9-4-10-18-26)24(2)30(27-19-11-5-12-20-27)28-21-13-6-14-22-28/h3-24H,1-2H3. The molecule has 4 aromatic rings. The van der Waals surface area contributed by atoms with Gasteiger partial charge in [-0.3, -0.25) is 0 Å². The van der Waals surface area contributed by atoms with Gasteiger partial charge in [-0.1, -0.05) is 0 Å². The predicted molar refractivity (Wildman–Crippen MR) is 135 cm³/mol. The van der Waals surface area contributed by atoms with Crippen LogP contribution >= 0.6 is 0 Å². The molecule has 0 N–H and O–H groups in total. The zero-order chi connectivity index (χ0) is 20.8. The molecule has 2 unspecified atom stereocenters. The number of benzene rings is 4. The Balaban J connectivity index is 1.77. The summed E-state index contributed by atoms with van der Waals surface area (Å²) in [6.07, 6.45) is 0. The molecule has 4 aromatic carbocycles. The molecule has 0 saturated carbocycles. The van der Waals surface area contributed by atoms with E-state index in [1.54, 1.807) is 17.4 Å². The summed E-state index contributed by atoms with van der Waals surface area (Å²) in [4.78, 5) is 0. The molecule has 0 heterocycles. The second-order valence-electron chi connectivity index (χ2n) is 7.56. The Hall–Kier alpha value is -2.00. The molecule has 4 rings (SSSR count). The van der Waals surface area contributed by atoms with Gasteiger partial charge in [0.15, 0.2) is 0 Å². The molecule has 0 spiro atoms. The fraction of sp³-hybridized carbons (Fsp3) is 0.143. The van der Waals surface area contributed by atoms with Crippen molar-refractivity contribution in [2.45, 2.75) is 23.3 Å². The van der Waals surface area contributed by atoms with Crippen LogP contribution in [-0.2, 0) is 0 Å². The maximum atomic E-state index is 2.53. The second-order valence-corrected chi connectivity index (χ2v) is 18.4. The van der Waals surface area contributed by atoms with Crippen molar-refractivity contribution in [1.82, 2.24) is 0 Å². The molecule has 0 saturated heterocycles. The first-order chi connectivity index (χ1) is 14.8. The van der Waals surface area contributed by atoms with Gasteiger partial charge in [-0.2, -0.15) is 0 Å². The molecule has 0 radical (unpaired) electrons. The first-order valence-corrected chi connectivity index (χ1v) is 16.5. The van der Waals surface area contributed by atoms with Gasteiger partial charge in [-0.05, 0) is 0 Å². The van der Waals surface area contributed by atoms with Crippen molar-refractivity contribution in [1.29, 1.82) is 0 Å². The molecule has 0 bridgehead atoms. The van der Waals surface area contributed by atoms with E-state index in [0.717, 1.165) is 0 Å². The third-order valence-electron chi connectivity index (χ3n) is 5.65. The summed E-state index contributed by atoms with van der Waals surface area (Å²) in [5.74, 6) is 0. The normalized spacial score (nSPS) is 13.3. The molecule has 2 atom stereocenters. The molecule has 0 aromatic heterocycles. The van der Waals surface area contributed by atoms with Gasteiger partial charge in [0.25, 0.3) is 0 Å². The van der Waals surface area contributed by atoms with Crippen LogP contribution in [0.5, 0.6) is 0 Å². The Bertz CT molecular complexity index is 851. The Labute approximate surface area is 190 Å². The molecule has 0 amide bonds. The number of hydrogen-bond donors (Lipinski definition) is 0. The van der Waals surface area contributed by atoms with Crippen molar-refractivity contribution in [3.8, 4) is 0 Å². The Kier molecular flexibility index (Phi) is 7.32. The van der Waals surface area contributed by atoms with E-state index in [1.165, 1.54) is 0 Å². The minimum atomic E-state index is -1.46. The van der Waals surface area contributed by atoms with E-state index in [-0.39, 0.29) is 0 Å². The SMILES string of the molecule is CC(C(C)[As](c1ccccc1)c1ccccc1)[As](c1ccccc1)c1ccccc1. The van der Waals surface area contributed by atoms with Gasteiger partial charge in [0, 0.05) is 0 Å². The monoisotopic (exact) mass is 514 g/mol. The average molecular weight is 514 g/mol. The van der Waals surface area contributed by atoms with Crippen molar-refractivity contribution in [3.05, 3.63) is 121 Å². The van der Waals surface area contributed by atoms with Gasteiger partial charge < -0.3 is 0 Å². The van der Waals surface area contributed by atoms with E-state index >= 15 is 0 Å². The summed E-state index contributed by atoms with van der Waals surface area (Å²) in [7, 11) is 0. The van der Waals surface area contributed by atoms with Crippen LogP contribution in [0.3, 0.4) is 0 Å². The van der Waals surface area contributed by atoms with Crippen LogP contribution in [-0.4, -0.2) is 29.3 Å². The summed E-state index contributed by atoms with van der Waals surface area (Å²) in [5.41, 5.74) is 0. The minimum absolute atomic E-state index is 0.669. The summed E-state index contributed by atoms with van der Waals surface area (Å²) in [6, 6.07) is 45.1. The van der Waals surface area contributed by atoms with Gasteiger partial charge in [-0.15, -0.1) is 0 Å². The Morgan fingerprint density at radius 3 is 0.767 bits per heavy atom. The molecule has 30 heavy (non-hydrogen) atoms. The van der Waals surface area contributed by atoms with E-state index in [2.05, 4.69) is 135 Å². The summed E-state index contributed by atoms with van der Waals surface area (Å²) < 4.78 is 7.58. The first-order valence-electron chi connectivity index (χ1n) is 10.5. The Morgan fingerprint density at radius 2 is 0.567 bits per heavy atom. The first kappa shape index (κ1) is 21.2. The fourth-order valence-corrected chi connectivity index (χ4v) is 18.1. The molecule has 0 aliphatic rings. The summed E-state index contributed by atoms with van der Waals surface area (Å²) in [6.45, 7) is 5.05. The molecule has 0 aliphatic carbocycles. The predicted octanol–water partition coefficient (Wildman–Crippen LogP) is 4.39. The molecule has 2 heteroatoms. The summed E-state index contributed by atoms with van der Waals surface area (Å²) in [5, 5.41) is 0. The van der Waals surface area contributed by atoms with Crippen LogP contribution in [0, 0.1) is 0 Å². The fourth-order valence-electron chi connectivity index (χ4n) is 4.02. The van der Waals surface area contributed by atoms with E-state index < -0.39 is 29.3 Å². The average Bonchev–Trinajstić information content (AvgIpc) is 2.82. The Morgan fingerprint density at radius 1 is 0.367 bits per heavy atom. The van der Waals surface area contributed by atoms with Crippen LogP contribution in [0.2, 0.25) is 9.41 Å². The van der Waals surface area contributed by atoms with E-state index in [1.807, 2.05) is 0 Å². The van der Waals surface area contributed by atoms with Gasteiger partial charge in [0.2, 0.25) is 0 Å². The van der Waals surface area contributed by atoms with Crippen LogP contribution in [0.4, 0.5) is 0 Å². The number of hydrogen-bond acceptors (Lipinski definition) is 0. The van der Waals surface area contributed by atoms with Gasteiger partial charge in [-0.25, -0.2) is 0 Å². The van der Waals surface area contributed by atoms with Crippen molar-refractivity contribution in [2.24, 2.45) is 0 Å². The quantitative estimate of drug-likeness (QED) is 0.321. The summed E-state index contributed by atoms with van der Waals surface area (Å²) >= 11 is -2.91. The van der Waals surface area contributed by atoms with Crippen molar-refractivity contribution in [2.75, 3.05) is 0 Å². The molecular weight excluding hydrogens is 486 g/mol. The van der Waals surface area contributed by atoms with Crippen LogP contribution in [0.1, 0.15) is 13.8 Å². The molecule has 150 valence electrons. The second kappa shape index (κ2) is 10.3. The molecule has 0 aliphatic heterocycles. The number of rotatable bonds is 7. The van der Waals surface area contributed by atoms with Gasteiger partial charge >= 0.3 is 191 Å². The van der Waals surface area contributed by atoms with Crippen LogP contribution < -0.4 is 17.4 Å². The third-order valence-corrected chi connectivity index (χ3v) is 19.2. The van der Waals surface area contributed by atoms with Crippen molar-refractivity contribution < 1.29 is 0 Å². The van der Waals surface area contributed by atoms with E-state index in [4.69, 9.17) is 0 Å². The molecule has 0 fully saturated rings. The third kappa shape index (κ3) is 4.83. The van der Waals surface area contributed by atoms with Gasteiger partial charge in [0.05, 0.1) is 0 Å². The van der Waals surface area contributed by atoms with Crippen molar-refractivity contribution in [3.63, 3.8) is 0 Å². The van der Waals surface area contributed by atoms with Crippen molar-refractivity contribution >= 4 is 46.7 Å². The van der Waals surface area contributed by atoms with Gasteiger partial charge in [0.1, 0.15) is 0 Å². The molecule has 0 nitrogen and oxygen atoms in total. The van der Waals surface area contributed by atoms with Crippen LogP contribution in [0.25, 0.3) is 0 Å².